The summed E-state index contributed by atoms with van der Waals surface area (Å²) in [4.78, 5) is 34.3. The molecular weight excluding hydrogens is 352 g/mol. The smallest absolute Gasteiger partial charge is 0.333 e. The van der Waals surface area contributed by atoms with Crippen molar-refractivity contribution in [3.05, 3.63) is 42.0 Å². The van der Waals surface area contributed by atoms with E-state index in [0.717, 1.165) is 5.56 Å². The van der Waals surface area contributed by atoms with Gasteiger partial charge in [0, 0.05) is 12.0 Å². The van der Waals surface area contributed by atoms with E-state index in [9.17, 15) is 19.5 Å². The molecule has 0 heterocycles. The van der Waals surface area contributed by atoms with Gasteiger partial charge in [-0.1, -0.05) is 18.7 Å². The standard InChI is InChI=1S/C20H26O7/c1-15(2)20(24)27-13-4-3-12-25-18(22)9-10-19(23)26-14-11-16-5-7-17(21)8-6-16/h5-8,21H,1,3-4,9-14H2,2H3. The minimum Gasteiger partial charge on any atom is -0.508 e. The van der Waals surface area contributed by atoms with E-state index in [-0.39, 0.29) is 38.4 Å². The first kappa shape index (κ1) is 22.2. The summed E-state index contributed by atoms with van der Waals surface area (Å²) in [5.41, 5.74) is 1.28. The number of rotatable bonds is 12. The molecule has 0 radical (unpaired) electrons. The molecule has 0 aliphatic carbocycles. The highest BCUT2D eigenvalue weighted by Gasteiger charge is 2.09. The van der Waals surface area contributed by atoms with Gasteiger partial charge in [-0.3, -0.25) is 9.59 Å². The number of hydrogen-bond donors (Lipinski definition) is 1. The molecule has 0 saturated carbocycles. The molecule has 0 bridgehead atoms. The summed E-state index contributed by atoms with van der Waals surface area (Å²) in [5.74, 6) is -1.18. The van der Waals surface area contributed by atoms with Crippen LogP contribution in [0.3, 0.4) is 0 Å². The van der Waals surface area contributed by atoms with E-state index in [1.54, 1.807) is 31.2 Å². The van der Waals surface area contributed by atoms with Gasteiger partial charge in [0.2, 0.25) is 0 Å². The molecule has 0 fully saturated rings. The summed E-state index contributed by atoms with van der Waals surface area (Å²) >= 11 is 0. The molecule has 1 aromatic rings. The lowest BCUT2D eigenvalue weighted by Crippen LogP contribution is -2.12. The summed E-state index contributed by atoms with van der Waals surface area (Å²) in [6.45, 7) is 5.71. The van der Waals surface area contributed by atoms with E-state index in [1.165, 1.54) is 0 Å². The van der Waals surface area contributed by atoms with Gasteiger partial charge in [-0.25, -0.2) is 4.79 Å². The number of carbonyl (C=O) groups excluding carboxylic acids is 3. The van der Waals surface area contributed by atoms with Crippen LogP contribution in [0.2, 0.25) is 0 Å². The molecule has 148 valence electrons. The summed E-state index contributed by atoms with van der Waals surface area (Å²) in [5, 5.41) is 9.19. The van der Waals surface area contributed by atoms with Gasteiger partial charge in [0.05, 0.1) is 32.7 Å². The van der Waals surface area contributed by atoms with Gasteiger partial charge in [-0.05, 0) is 37.5 Å². The van der Waals surface area contributed by atoms with Crippen LogP contribution in [0.4, 0.5) is 0 Å². The molecule has 1 aromatic carbocycles. The van der Waals surface area contributed by atoms with Crippen molar-refractivity contribution >= 4 is 17.9 Å². The van der Waals surface area contributed by atoms with Crippen LogP contribution in [0.15, 0.2) is 36.4 Å². The number of aromatic hydroxyl groups is 1. The lowest BCUT2D eigenvalue weighted by Gasteiger charge is -2.07. The Morgan fingerprint density at radius 3 is 1.96 bits per heavy atom. The van der Waals surface area contributed by atoms with Crippen molar-refractivity contribution < 1.29 is 33.7 Å². The Bertz CT molecular complexity index is 634. The summed E-state index contributed by atoms with van der Waals surface area (Å²) in [6.07, 6.45) is 1.59. The van der Waals surface area contributed by atoms with E-state index in [1.807, 2.05) is 0 Å². The fourth-order valence-corrected chi connectivity index (χ4v) is 1.97. The highest BCUT2D eigenvalue weighted by molar-refractivity contribution is 5.86. The highest BCUT2D eigenvalue weighted by Crippen LogP contribution is 2.10. The monoisotopic (exact) mass is 378 g/mol. The zero-order chi connectivity index (χ0) is 20.1. The van der Waals surface area contributed by atoms with Crippen LogP contribution in [-0.2, 0) is 35.0 Å². The Hall–Kier alpha value is -2.83. The number of phenolic OH excluding ortho intramolecular Hbond substituents is 1. The molecule has 0 aromatic heterocycles. The Morgan fingerprint density at radius 2 is 1.41 bits per heavy atom. The molecule has 0 unspecified atom stereocenters. The van der Waals surface area contributed by atoms with E-state index in [4.69, 9.17) is 14.2 Å². The van der Waals surface area contributed by atoms with Crippen molar-refractivity contribution in [2.75, 3.05) is 19.8 Å². The van der Waals surface area contributed by atoms with Crippen molar-refractivity contribution in [2.24, 2.45) is 0 Å². The van der Waals surface area contributed by atoms with Gasteiger partial charge >= 0.3 is 17.9 Å². The first-order valence-electron chi connectivity index (χ1n) is 8.80. The maximum Gasteiger partial charge on any atom is 0.333 e. The van der Waals surface area contributed by atoms with Gasteiger partial charge in [0.1, 0.15) is 5.75 Å². The summed E-state index contributed by atoms with van der Waals surface area (Å²) < 4.78 is 15.0. The van der Waals surface area contributed by atoms with Gasteiger partial charge in [-0.15, -0.1) is 0 Å². The van der Waals surface area contributed by atoms with Crippen LogP contribution in [0, 0.1) is 0 Å². The largest absolute Gasteiger partial charge is 0.508 e. The fraction of sp³-hybridized carbons (Fsp3) is 0.450. The molecule has 0 spiro atoms. The Kier molecular flexibility index (Phi) is 10.3. The van der Waals surface area contributed by atoms with Crippen LogP contribution in [0.1, 0.15) is 38.2 Å². The summed E-state index contributed by atoms with van der Waals surface area (Å²) in [6, 6.07) is 6.63. The number of benzene rings is 1. The molecule has 27 heavy (non-hydrogen) atoms. The van der Waals surface area contributed by atoms with E-state index >= 15 is 0 Å². The highest BCUT2D eigenvalue weighted by atomic mass is 16.5. The molecule has 0 aliphatic heterocycles. The maximum atomic E-state index is 11.6. The Morgan fingerprint density at radius 1 is 0.889 bits per heavy atom. The minimum atomic E-state index is -0.468. The van der Waals surface area contributed by atoms with Gasteiger partial charge in [0.25, 0.3) is 0 Å². The predicted molar refractivity (Wildman–Crippen MR) is 98.0 cm³/mol. The number of phenols is 1. The lowest BCUT2D eigenvalue weighted by atomic mass is 10.1. The topological polar surface area (TPSA) is 99.1 Å². The second-order valence-electron chi connectivity index (χ2n) is 5.98. The number of unbranched alkanes of at least 4 members (excludes halogenated alkanes) is 1. The van der Waals surface area contributed by atoms with Crippen LogP contribution < -0.4 is 0 Å². The number of esters is 3. The fourth-order valence-electron chi connectivity index (χ4n) is 1.97. The number of carbonyl (C=O) groups is 3. The summed E-state index contributed by atoms with van der Waals surface area (Å²) in [7, 11) is 0. The normalized spacial score (nSPS) is 10.1. The van der Waals surface area contributed by atoms with Crippen molar-refractivity contribution in [1.29, 1.82) is 0 Å². The van der Waals surface area contributed by atoms with Crippen molar-refractivity contribution in [2.45, 2.75) is 39.0 Å². The van der Waals surface area contributed by atoms with E-state index in [2.05, 4.69) is 6.58 Å². The number of ether oxygens (including phenoxy) is 3. The van der Waals surface area contributed by atoms with Gasteiger partial charge < -0.3 is 19.3 Å². The van der Waals surface area contributed by atoms with Crippen LogP contribution >= 0.6 is 0 Å². The van der Waals surface area contributed by atoms with Gasteiger partial charge in [-0.2, -0.15) is 0 Å². The Balaban J connectivity index is 2.02. The van der Waals surface area contributed by atoms with Crippen molar-refractivity contribution in [3.8, 4) is 5.75 Å². The third kappa shape index (κ3) is 10.7. The second-order valence-corrected chi connectivity index (χ2v) is 5.98. The average Bonchev–Trinajstić information content (AvgIpc) is 2.64. The number of hydrogen-bond acceptors (Lipinski definition) is 7. The third-order valence-corrected chi connectivity index (χ3v) is 3.51. The molecule has 1 N–H and O–H groups in total. The lowest BCUT2D eigenvalue weighted by molar-refractivity contribution is -0.150. The average molecular weight is 378 g/mol. The van der Waals surface area contributed by atoms with Crippen LogP contribution in [0.25, 0.3) is 0 Å². The first-order chi connectivity index (χ1) is 12.9. The predicted octanol–water partition coefficient (Wildman–Crippen LogP) is 2.70. The molecule has 0 saturated heterocycles. The van der Waals surface area contributed by atoms with E-state index in [0.29, 0.717) is 24.8 Å². The molecule has 0 atom stereocenters. The van der Waals surface area contributed by atoms with Crippen molar-refractivity contribution in [3.63, 3.8) is 0 Å². The van der Waals surface area contributed by atoms with Crippen LogP contribution in [-0.4, -0.2) is 42.8 Å². The molecule has 0 amide bonds. The molecular formula is C20H26O7. The van der Waals surface area contributed by atoms with Gasteiger partial charge in [0.15, 0.2) is 0 Å². The molecule has 7 heteroatoms. The van der Waals surface area contributed by atoms with Crippen molar-refractivity contribution in [1.82, 2.24) is 0 Å². The molecule has 0 aliphatic rings. The zero-order valence-corrected chi connectivity index (χ0v) is 15.6. The maximum absolute atomic E-state index is 11.6. The second kappa shape index (κ2) is 12.5. The first-order valence-corrected chi connectivity index (χ1v) is 8.80. The zero-order valence-electron chi connectivity index (χ0n) is 15.6. The quantitative estimate of drug-likeness (QED) is 0.258. The molecule has 1 rings (SSSR count). The Labute approximate surface area is 158 Å². The van der Waals surface area contributed by atoms with E-state index < -0.39 is 17.9 Å². The molecule has 7 nitrogen and oxygen atoms in total. The van der Waals surface area contributed by atoms with Crippen LogP contribution in [0.5, 0.6) is 5.75 Å². The SMILES string of the molecule is C=C(C)C(=O)OCCCCOC(=O)CCC(=O)OCCc1ccc(O)cc1. The third-order valence-electron chi connectivity index (χ3n) is 3.51. The minimum absolute atomic E-state index is 0.0371.